The van der Waals surface area contributed by atoms with E-state index in [1.165, 1.54) is 25.3 Å². The highest BCUT2D eigenvalue weighted by atomic mass is 16.4. The average molecular weight is 292 g/mol. The summed E-state index contributed by atoms with van der Waals surface area (Å²) in [5.41, 5.74) is 0. The minimum atomic E-state index is -0.947. The molecule has 0 aromatic rings. The summed E-state index contributed by atoms with van der Waals surface area (Å²) < 4.78 is 0. The minimum absolute atomic E-state index is 0.308. The normalized spacial score (nSPS) is 11.9. The van der Waals surface area contributed by atoms with Crippen LogP contribution in [0.5, 0.6) is 0 Å². The molecule has 118 valence electrons. The number of allylic oxidation sites excluding steroid dienone is 5. The maximum absolute atomic E-state index is 11.6. The molecular weight excluding hydrogens is 264 g/mol. The number of Topliss-reactive ketones (excluding diaryl/α,β-unsaturated/α-hetero) is 1. The molecule has 0 unspecified atom stereocenters. The summed E-state index contributed by atoms with van der Waals surface area (Å²) in [6.07, 6.45) is 19.1. The van der Waals surface area contributed by atoms with Crippen LogP contribution in [0.25, 0.3) is 0 Å². The van der Waals surface area contributed by atoms with Crippen molar-refractivity contribution in [3.8, 4) is 0 Å². The van der Waals surface area contributed by atoms with Crippen LogP contribution in [0.3, 0.4) is 0 Å². The van der Waals surface area contributed by atoms with Crippen molar-refractivity contribution in [2.75, 3.05) is 0 Å². The number of carboxylic acid groups (broad SMARTS) is 1. The van der Waals surface area contributed by atoms with Crippen LogP contribution in [0.4, 0.5) is 0 Å². The van der Waals surface area contributed by atoms with Gasteiger partial charge < -0.3 is 5.11 Å². The van der Waals surface area contributed by atoms with Gasteiger partial charge in [0.2, 0.25) is 0 Å². The lowest BCUT2D eigenvalue weighted by molar-refractivity contribution is -0.131. The van der Waals surface area contributed by atoms with E-state index < -0.39 is 5.97 Å². The van der Waals surface area contributed by atoms with Crippen molar-refractivity contribution >= 4 is 11.8 Å². The van der Waals surface area contributed by atoms with Crippen LogP contribution in [0.2, 0.25) is 0 Å². The van der Waals surface area contributed by atoms with Gasteiger partial charge in [-0.05, 0) is 32.1 Å². The van der Waals surface area contributed by atoms with Gasteiger partial charge in [-0.25, -0.2) is 4.79 Å². The lowest BCUT2D eigenvalue weighted by atomic mass is 10.1. The van der Waals surface area contributed by atoms with Crippen molar-refractivity contribution in [2.24, 2.45) is 0 Å². The lowest BCUT2D eigenvalue weighted by Crippen LogP contribution is -1.96. The zero-order valence-corrected chi connectivity index (χ0v) is 13.1. The summed E-state index contributed by atoms with van der Waals surface area (Å²) in [6, 6.07) is 0. The number of carboxylic acids is 1. The molecule has 0 aliphatic carbocycles. The van der Waals surface area contributed by atoms with Crippen molar-refractivity contribution in [1.82, 2.24) is 0 Å². The third kappa shape index (κ3) is 16.3. The third-order valence-corrected chi connectivity index (χ3v) is 3.04. The van der Waals surface area contributed by atoms with Crippen LogP contribution in [0.15, 0.2) is 36.5 Å². The molecule has 3 heteroatoms. The van der Waals surface area contributed by atoms with Gasteiger partial charge in [-0.1, -0.05) is 50.1 Å². The van der Waals surface area contributed by atoms with Crippen LogP contribution in [-0.4, -0.2) is 16.9 Å². The Balaban J connectivity index is 3.48. The standard InChI is InChI=1S/C18H28O3/c1-2-3-4-5-6-8-11-14-17(19)15-12-9-7-10-13-16-18(20)21/h6-8,10,13,16H,2-5,9,11-12,14-15H2,1H3,(H,20,21). The van der Waals surface area contributed by atoms with Crippen molar-refractivity contribution in [1.29, 1.82) is 0 Å². The molecule has 21 heavy (non-hydrogen) atoms. The Morgan fingerprint density at radius 1 is 0.857 bits per heavy atom. The van der Waals surface area contributed by atoms with Gasteiger partial charge in [0.1, 0.15) is 5.78 Å². The molecule has 0 heterocycles. The van der Waals surface area contributed by atoms with Gasteiger partial charge in [-0.2, -0.15) is 0 Å². The number of rotatable bonds is 13. The average Bonchev–Trinajstić information content (AvgIpc) is 2.45. The summed E-state index contributed by atoms with van der Waals surface area (Å²) in [5.74, 6) is -0.639. The first kappa shape index (κ1) is 19.4. The van der Waals surface area contributed by atoms with Gasteiger partial charge in [0, 0.05) is 18.9 Å². The highest BCUT2D eigenvalue weighted by Gasteiger charge is 1.98. The SMILES string of the molecule is CCCCCC=CCCC(=O)CCCC=CC=CC(=O)O. The van der Waals surface area contributed by atoms with E-state index in [9.17, 15) is 9.59 Å². The molecule has 0 saturated carbocycles. The van der Waals surface area contributed by atoms with E-state index in [2.05, 4.69) is 19.1 Å². The highest BCUT2D eigenvalue weighted by molar-refractivity contribution is 5.80. The first-order chi connectivity index (χ1) is 10.2. The van der Waals surface area contributed by atoms with Crippen LogP contribution >= 0.6 is 0 Å². The molecule has 3 nitrogen and oxygen atoms in total. The molecule has 0 bridgehead atoms. The van der Waals surface area contributed by atoms with E-state index in [0.29, 0.717) is 18.6 Å². The van der Waals surface area contributed by atoms with E-state index >= 15 is 0 Å². The van der Waals surface area contributed by atoms with Crippen molar-refractivity contribution in [2.45, 2.75) is 64.7 Å². The molecule has 0 fully saturated rings. The fraction of sp³-hybridized carbons (Fsp3) is 0.556. The number of unbranched alkanes of at least 4 members (excludes halogenated alkanes) is 4. The molecular formula is C18H28O3. The summed E-state index contributed by atoms with van der Waals surface area (Å²) in [7, 11) is 0. The van der Waals surface area contributed by atoms with Gasteiger partial charge in [-0.15, -0.1) is 0 Å². The number of carbonyl (C=O) groups is 2. The number of ketones is 1. The number of hydrogen-bond donors (Lipinski definition) is 1. The van der Waals surface area contributed by atoms with Crippen LogP contribution < -0.4 is 0 Å². The fourth-order valence-electron chi connectivity index (χ4n) is 1.85. The summed E-state index contributed by atoms with van der Waals surface area (Å²) >= 11 is 0. The van der Waals surface area contributed by atoms with Crippen molar-refractivity contribution in [3.63, 3.8) is 0 Å². The number of aliphatic carboxylic acids is 1. The minimum Gasteiger partial charge on any atom is -0.478 e. The predicted octanol–water partition coefficient (Wildman–Crippen LogP) is 4.84. The monoisotopic (exact) mass is 292 g/mol. The molecule has 0 atom stereocenters. The Morgan fingerprint density at radius 2 is 1.57 bits per heavy atom. The van der Waals surface area contributed by atoms with Gasteiger partial charge in [0.05, 0.1) is 0 Å². The number of hydrogen-bond acceptors (Lipinski definition) is 2. The molecule has 0 amide bonds. The topological polar surface area (TPSA) is 54.4 Å². The van der Waals surface area contributed by atoms with E-state index in [-0.39, 0.29) is 0 Å². The van der Waals surface area contributed by atoms with E-state index in [1.54, 1.807) is 6.08 Å². The first-order valence-corrected chi connectivity index (χ1v) is 7.89. The molecule has 0 aromatic carbocycles. The van der Waals surface area contributed by atoms with Gasteiger partial charge in [0.15, 0.2) is 0 Å². The Hall–Kier alpha value is -1.64. The summed E-state index contributed by atoms with van der Waals surface area (Å²) in [5, 5.41) is 8.38. The summed E-state index contributed by atoms with van der Waals surface area (Å²) in [6.45, 7) is 2.19. The Bertz CT molecular complexity index is 365. The maximum atomic E-state index is 11.6. The van der Waals surface area contributed by atoms with Gasteiger partial charge in [-0.3, -0.25) is 4.79 Å². The van der Waals surface area contributed by atoms with E-state index in [0.717, 1.165) is 31.8 Å². The van der Waals surface area contributed by atoms with Crippen molar-refractivity contribution in [3.05, 3.63) is 36.5 Å². The second-order valence-electron chi connectivity index (χ2n) is 5.06. The highest BCUT2D eigenvalue weighted by Crippen LogP contribution is 2.05. The largest absolute Gasteiger partial charge is 0.478 e. The molecule has 0 rings (SSSR count). The van der Waals surface area contributed by atoms with E-state index in [1.807, 2.05) is 6.08 Å². The lowest BCUT2D eigenvalue weighted by Gasteiger charge is -1.97. The van der Waals surface area contributed by atoms with Crippen LogP contribution in [-0.2, 0) is 9.59 Å². The summed E-state index contributed by atoms with van der Waals surface area (Å²) in [4.78, 5) is 21.8. The predicted molar refractivity (Wildman–Crippen MR) is 87.3 cm³/mol. The fourth-order valence-corrected chi connectivity index (χ4v) is 1.85. The molecule has 0 aromatic heterocycles. The second-order valence-corrected chi connectivity index (χ2v) is 5.06. The van der Waals surface area contributed by atoms with E-state index in [4.69, 9.17) is 5.11 Å². The zero-order valence-electron chi connectivity index (χ0n) is 13.1. The zero-order chi connectivity index (χ0) is 15.8. The maximum Gasteiger partial charge on any atom is 0.328 e. The van der Waals surface area contributed by atoms with Crippen LogP contribution in [0, 0.1) is 0 Å². The van der Waals surface area contributed by atoms with Crippen molar-refractivity contribution < 1.29 is 14.7 Å². The van der Waals surface area contributed by atoms with Crippen LogP contribution in [0.1, 0.15) is 64.7 Å². The molecule has 0 saturated heterocycles. The Kier molecular flexibility index (Phi) is 13.6. The Morgan fingerprint density at radius 3 is 2.29 bits per heavy atom. The molecule has 0 spiro atoms. The quantitative estimate of drug-likeness (QED) is 0.229. The molecule has 0 aliphatic heterocycles. The number of carbonyl (C=O) groups excluding carboxylic acids is 1. The van der Waals surface area contributed by atoms with Gasteiger partial charge >= 0.3 is 5.97 Å². The van der Waals surface area contributed by atoms with Gasteiger partial charge in [0.25, 0.3) is 0 Å². The molecule has 0 radical (unpaired) electrons. The molecule has 1 N–H and O–H groups in total. The second kappa shape index (κ2) is 14.8. The third-order valence-electron chi connectivity index (χ3n) is 3.04. The smallest absolute Gasteiger partial charge is 0.328 e. The Labute approximate surface area is 128 Å². The molecule has 0 aliphatic rings. The first-order valence-electron chi connectivity index (χ1n) is 7.89.